The molecule has 1 aliphatic heterocycles. The summed E-state index contributed by atoms with van der Waals surface area (Å²) in [5.41, 5.74) is 11.1. The number of ether oxygens (including phenoxy) is 1. The van der Waals surface area contributed by atoms with Crippen LogP contribution in [0, 0.1) is 0 Å². The Morgan fingerprint density at radius 2 is 1.96 bits per heavy atom. The van der Waals surface area contributed by atoms with Crippen molar-refractivity contribution in [1.82, 2.24) is 4.90 Å². The maximum Gasteiger partial charge on any atom is 0.142 e. The molecule has 3 nitrogen and oxygen atoms in total. The lowest BCUT2D eigenvalue weighted by atomic mass is 9.88. The molecule has 1 heterocycles. The number of hydrogen-bond donors (Lipinski definition) is 1. The van der Waals surface area contributed by atoms with Crippen LogP contribution < -0.4 is 10.5 Å². The molecule has 1 aliphatic carbocycles. The van der Waals surface area contributed by atoms with Crippen molar-refractivity contribution in [2.24, 2.45) is 0 Å². The number of aryl methyl sites for hydroxylation is 1. The smallest absolute Gasteiger partial charge is 0.142 e. The number of piperidine rings is 1. The van der Waals surface area contributed by atoms with E-state index in [1.807, 2.05) is 0 Å². The van der Waals surface area contributed by atoms with Crippen LogP contribution in [0.1, 0.15) is 56.6 Å². The van der Waals surface area contributed by atoms with E-state index in [4.69, 9.17) is 10.5 Å². The number of allylic oxidation sites excluding steroid dienone is 1. The van der Waals surface area contributed by atoms with Crippen molar-refractivity contribution in [3.8, 4) is 5.75 Å². The predicted octanol–water partition coefficient (Wildman–Crippen LogP) is 4.35. The highest BCUT2D eigenvalue weighted by Crippen LogP contribution is 2.31. The van der Waals surface area contributed by atoms with E-state index in [9.17, 15) is 0 Å². The molecule has 24 heavy (non-hydrogen) atoms. The van der Waals surface area contributed by atoms with Gasteiger partial charge in [0.1, 0.15) is 5.75 Å². The van der Waals surface area contributed by atoms with E-state index in [1.54, 1.807) is 12.7 Å². The average molecular weight is 329 g/mol. The number of methoxy groups -OCH3 is 1. The number of likely N-dealkylation sites (tertiary alicyclic amines) is 1. The van der Waals surface area contributed by atoms with Gasteiger partial charge in [0.25, 0.3) is 0 Å². The summed E-state index contributed by atoms with van der Waals surface area (Å²) in [7, 11) is 1.70. The van der Waals surface area contributed by atoms with E-state index in [1.165, 1.54) is 62.7 Å². The number of nitrogens with zero attached hydrogens (tertiary/aromatic N) is 1. The quantitative estimate of drug-likeness (QED) is 0.645. The molecule has 0 bridgehead atoms. The molecule has 132 valence electrons. The molecule has 1 atom stereocenters. The van der Waals surface area contributed by atoms with Crippen LogP contribution in [-0.4, -0.2) is 31.1 Å². The fourth-order valence-corrected chi connectivity index (χ4v) is 4.25. The van der Waals surface area contributed by atoms with Crippen molar-refractivity contribution in [1.29, 1.82) is 0 Å². The first kappa shape index (κ1) is 17.3. The monoisotopic (exact) mass is 328 g/mol. The second kappa shape index (κ2) is 8.06. The van der Waals surface area contributed by atoms with Crippen LogP contribution in [-0.2, 0) is 12.8 Å². The first-order valence-electron chi connectivity index (χ1n) is 9.58. The van der Waals surface area contributed by atoms with Gasteiger partial charge < -0.3 is 15.4 Å². The highest BCUT2D eigenvalue weighted by molar-refractivity contribution is 5.57. The molecule has 1 saturated heterocycles. The largest absolute Gasteiger partial charge is 0.495 e. The molecular formula is C21H32N2O. The summed E-state index contributed by atoms with van der Waals surface area (Å²) >= 11 is 0. The highest BCUT2D eigenvalue weighted by Gasteiger charge is 2.23. The van der Waals surface area contributed by atoms with E-state index < -0.39 is 0 Å². The van der Waals surface area contributed by atoms with Gasteiger partial charge in [0.05, 0.1) is 12.8 Å². The van der Waals surface area contributed by atoms with E-state index in [-0.39, 0.29) is 0 Å². The van der Waals surface area contributed by atoms with Crippen molar-refractivity contribution in [3.63, 3.8) is 0 Å². The van der Waals surface area contributed by atoms with Gasteiger partial charge in [0, 0.05) is 6.04 Å². The van der Waals surface area contributed by atoms with Gasteiger partial charge >= 0.3 is 0 Å². The van der Waals surface area contributed by atoms with Crippen LogP contribution in [0.5, 0.6) is 5.75 Å². The minimum atomic E-state index is 0.751. The molecule has 0 aromatic heterocycles. The van der Waals surface area contributed by atoms with Gasteiger partial charge in [-0.25, -0.2) is 0 Å². The van der Waals surface area contributed by atoms with Gasteiger partial charge in [-0.1, -0.05) is 25.0 Å². The summed E-state index contributed by atoms with van der Waals surface area (Å²) in [6, 6.07) is 5.01. The van der Waals surface area contributed by atoms with Gasteiger partial charge in [0.15, 0.2) is 0 Å². The molecule has 3 rings (SSSR count). The third kappa shape index (κ3) is 3.94. The topological polar surface area (TPSA) is 38.5 Å². The van der Waals surface area contributed by atoms with Gasteiger partial charge in [-0.3, -0.25) is 0 Å². The molecule has 1 aromatic carbocycles. The van der Waals surface area contributed by atoms with Gasteiger partial charge in [-0.05, 0) is 81.3 Å². The second-order valence-corrected chi connectivity index (χ2v) is 7.28. The molecule has 2 N–H and O–H groups in total. The van der Waals surface area contributed by atoms with Crippen molar-refractivity contribution < 1.29 is 4.74 Å². The third-order valence-corrected chi connectivity index (χ3v) is 5.73. The fraction of sp³-hybridized carbons (Fsp3) is 0.619. The van der Waals surface area contributed by atoms with Gasteiger partial charge in [-0.2, -0.15) is 0 Å². The Kier molecular flexibility index (Phi) is 5.83. The van der Waals surface area contributed by atoms with Crippen LogP contribution in [0.2, 0.25) is 0 Å². The predicted molar refractivity (Wildman–Crippen MR) is 102 cm³/mol. The van der Waals surface area contributed by atoms with Crippen molar-refractivity contribution in [2.75, 3.05) is 25.9 Å². The molecule has 0 spiro atoms. The maximum absolute atomic E-state index is 6.07. The Morgan fingerprint density at radius 3 is 2.58 bits per heavy atom. The molecule has 1 aromatic rings. The Balaban J connectivity index is 1.67. The van der Waals surface area contributed by atoms with Gasteiger partial charge in [0.2, 0.25) is 0 Å². The zero-order valence-electron chi connectivity index (χ0n) is 15.3. The fourth-order valence-electron chi connectivity index (χ4n) is 4.25. The minimum absolute atomic E-state index is 0.751. The van der Waals surface area contributed by atoms with Crippen LogP contribution in [0.15, 0.2) is 23.8 Å². The molecule has 1 unspecified atom stereocenters. The Labute approximate surface area is 146 Å². The summed E-state index contributed by atoms with van der Waals surface area (Å²) in [6.45, 7) is 4.82. The molecule has 0 saturated carbocycles. The Hall–Kier alpha value is -1.48. The minimum Gasteiger partial charge on any atom is -0.495 e. The summed E-state index contributed by atoms with van der Waals surface area (Å²) in [5, 5.41) is 0. The van der Waals surface area contributed by atoms with Crippen molar-refractivity contribution in [2.45, 2.75) is 64.3 Å². The Bertz CT molecular complexity index is 588. The SMILES string of the molecule is CCc1cc(N)c(OC)cc1CC1=CCC(N2CCCCC2)CC1. The molecule has 1 fully saturated rings. The van der Waals surface area contributed by atoms with Gasteiger partial charge in [-0.15, -0.1) is 0 Å². The molecular weight excluding hydrogens is 296 g/mol. The first-order valence-corrected chi connectivity index (χ1v) is 9.58. The maximum atomic E-state index is 6.07. The van der Waals surface area contributed by atoms with Crippen molar-refractivity contribution in [3.05, 3.63) is 34.9 Å². The summed E-state index contributed by atoms with van der Waals surface area (Å²) in [4.78, 5) is 2.72. The summed E-state index contributed by atoms with van der Waals surface area (Å²) in [6.07, 6.45) is 12.5. The number of anilines is 1. The molecule has 0 radical (unpaired) electrons. The lowest BCUT2D eigenvalue weighted by Crippen LogP contribution is -2.39. The second-order valence-electron chi connectivity index (χ2n) is 7.28. The van der Waals surface area contributed by atoms with Crippen molar-refractivity contribution >= 4 is 5.69 Å². The first-order chi connectivity index (χ1) is 11.7. The highest BCUT2D eigenvalue weighted by atomic mass is 16.5. The van der Waals surface area contributed by atoms with E-state index in [0.29, 0.717) is 0 Å². The number of rotatable bonds is 5. The van der Waals surface area contributed by atoms with Crippen LogP contribution in [0.3, 0.4) is 0 Å². The lowest BCUT2D eigenvalue weighted by Gasteiger charge is -2.36. The van der Waals surface area contributed by atoms with Crippen LogP contribution in [0.25, 0.3) is 0 Å². The lowest BCUT2D eigenvalue weighted by molar-refractivity contribution is 0.152. The van der Waals surface area contributed by atoms with Crippen LogP contribution >= 0.6 is 0 Å². The number of nitrogen functional groups attached to an aromatic ring is 1. The number of benzene rings is 1. The Morgan fingerprint density at radius 1 is 1.17 bits per heavy atom. The number of nitrogens with two attached hydrogens (primary N) is 1. The van der Waals surface area contributed by atoms with E-state index in [2.05, 4.69) is 30.0 Å². The third-order valence-electron chi connectivity index (χ3n) is 5.73. The zero-order valence-corrected chi connectivity index (χ0v) is 15.3. The standard InChI is InChI=1S/C21H32N2O/c1-3-17-14-20(22)21(24-2)15-18(17)13-16-7-9-19(10-8-16)23-11-5-4-6-12-23/h7,14-15,19H,3-6,8-13,22H2,1-2H3. The average Bonchev–Trinajstić information content (AvgIpc) is 2.64. The summed E-state index contributed by atoms with van der Waals surface area (Å²) < 4.78 is 5.42. The zero-order chi connectivity index (χ0) is 16.9. The summed E-state index contributed by atoms with van der Waals surface area (Å²) in [5.74, 6) is 0.810. The number of hydrogen-bond acceptors (Lipinski definition) is 3. The van der Waals surface area contributed by atoms with Crippen LogP contribution in [0.4, 0.5) is 5.69 Å². The molecule has 0 amide bonds. The van der Waals surface area contributed by atoms with E-state index in [0.717, 1.165) is 30.3 Å². The molecule has 2 aliphatic rings. The normalized spacial score (nSPS) is 22.2. The van der Waals surface area contributed by atoms with E-state index >= 15 is 0 Å². The molecule has 3 heteroatoms.